The molecule has 1 atom stereocenters. The maximum absolute atomic E-state index is 13.1. The Hall–Kier alpha value is -3.49. The number of hydrogen-bond donors (Lipinski definition) is 2. The second-order valence-electron chi connectivity index (χ2n) is 7.91. The smallest absolute Gasteiger partial charge is 0.319 e. The molecule has 0 saturated carbocycles. The molecule has 34 heavy (non-hydrogen) atoms. The quantitative estimate of drug-likeness (QED) is 0.511. The lowest BCUT2D eigenvalue weighted by Crippen LogP contribution is -2.34. The van der Waals surface area contributed by atoms with Crippen LogP contribution in [0.3, 0.4) is 0 Å². The predicted molar refractivity (Wildman–Crippen MR) is 127 cm³/mol. The van der Waals surface area contributed by atoms with Crippen molar-refractivity contribution in [3.63, 3.8) is 0 Å². The Morgan fingerprint density at radius 2 is 1.65 bits per heavy atom. The minimum atomic E-state index is -0.390. The minimum absolute atomic E-state index is 0.00278. The van der Waals surface area contributed by atoms with Crippen molar-refractivity contribution in [2.24, 2.45) is 5.92 Å². The van der Waals surface area contributed by atoms with Gasteiger partial charge in [0.05, 0.1) is 25.5 Å². The lowest BCUT2D eigenvalue weighted by molar-refractivity contribution is -0.128. The Bertz CT molecular complexity index is 956. The second-order valence-corrected chi connectivity index (χ2v) is 7.91. The average Bonchev–Trinajstić information content (AvgIpc) is 3.15. The predicted octanol–water partition coefficient (Wildman–Crippen LogP) is 4.19. The first kappa shape index (κ1) is 25.1. The van der Waals surface area contributed by atoms with E-state index in [0.29, 0.717) is 68.8 Å². The molecule has 0 spiro atoms. The van der Waals surface area contributed by atoms with Gasteiger partial charge in [0.2, 0.25) is 11.7 Å². The van der Waals surface area contributed by atoms with E-state index in [4.69, 9.17) is 14.2 Å². The van der Waals surface area contributed by atoms with Crippen LogP contribution in [0, 0.1) is 11.7 Å². The van der Waals surface area contributed by atoms with Crippen LogP contribution in [-0.2, 0) is 11.3 Å². The summed E-state index contributed by atoms with van der Waals surface area (Å²) in [5.41, 5.74) is 1.38. The molecule has 0 aromatic heterocycles. The van der Waals surface area contributed by atoms with Crippen LogP contribution in [0.4, 0.5) is 14.9 Å². The molecule has 184 valence electrons. The summed E-state index contributed by atoms with van der Waals surface area (Å²) < 4.78 is 30.1. The van der Waals surface area contributed by atoms with E-state index in [0.717, 1.165) is 5.56 Å². The van der Waals surface area contributed by atoms with Crippen LogP contribution in [0.5, 0.6) is 17.2 Å². The Morgan fingerprint density at radius 1 is 1.03 bits per heavy atom. The second kappa shape index (κ2) is 12.1. The van der Waals surface area contributed by atoms with Crippen LogP contribution in [0.1, 0.15) is 32.8 Å². The first-order chi connectivity index (χ1) is 16.4. The fraction of sp³-hybridized carbons (Fsp3) is 0.440. The highest BCUT2D eigenvalue weighted by atomic mass is 19.1. The summed E-state index contributed by atoms with van der Waals surface area (Å²) in [7, 11) is 0. The first-order valence-corrected chi connectivity index (χ1v) is 11.6. The van der Waals surface area contributed by atoms with E-state index in [1.54, 1.807) is 29.2 Å². The topological polar surface area (TPSA) is 89.1 Å². The highest BCUT2D eigenvalue weighted by molar-refractivity contribution is 5.90. The number of likely N-dealkylation sites (tertiary alicyclic amines) is 1. The molecule has 0 bridgehead atoms. The third kappa shape index (κ3) is 6.76. The summed E-state index contributed by atoms with van der Waals surface area (Å²) in [4.78, 5) is 26.6. The number of anilines is 1. The molecule has 9 heteroatoms. The van der Waals surface area contributed by atoms with Gasteiger partial charge in [-0.2, -0.15) is 0 Å². The largest absolute Gasteiger partial charge is 0.490 e. The number of carbonyl (C=O) groups excluding carboxylic acids is 2. The zero-order chi connectivity index (χ0) is 24.5. The van der Waals surface area contributed by atoms with E-state index in [2.05, 4.69) is 10.6 Å². The van der Waals surface area contributed by atoms with E-state index in [1.807, 2.05) is 20.8 Å². The molecule has 0 aliphatic carbocycles. The average molecular weight is 474 g/mol. The van der Waals surface area contributed by atoms with Crippen molar-refractivity contribution < 1.29 is 28.2 Å². The van der Waals surface area contributed by atoms with Crippen molar-refractivity contribution in [3.05, 3.63) is 47.8 Å². The molecule has 1 aliphatic heterocycles. The molecule has 1 saturated heterocycles. The number of amides is 3. The van der Waals surface area contributed by atoms with E-state index >= 15 is 0 Å². The van der Waals surface area contributed by atoms with Crippen molar-refractivity contribution in [3.8, 4) is 17.2 Å². The van der Waals surface area contributed by atoms with Crippen LogP contribution >= 0.6 is 0 Å². The molecule has 2 aromatic carbocycles. The summed E-state index contributed by atoms with van der Waals surface area (Å²) in [6.45, 7) is 8.24. The van der Waals surface area contributed by atoms with Crippen molar-refractivity contribution >= 4 is 17.6 Å². The van der Waals surface area contributed by atoms with Crippen molar-refractivity contribution in [2.45, 2.75) is 33.7 Å². The lowest BCUT2D eigenvalue weighted by atomic mass is 10.1. The van der Waals surface area contributed by atoms with Crippen LogP contribution in [0.25, 0.3) is 0 Å². The Morgan fingerprint density at radius 3 is 2.24 bits per heavy atom. The standard InChI is InChI=1S/C25H32FN3O5/c1-4-32-21-12-20(13-22(33-5-2)24(21)34-6-3)28-25(31)27-14-18-11-23(30)29(16-18)15-17-7-9-19(26)10-8-17/h7-10,12-13,18H,4-6,11,14-16H2,1-3H3,(H2,27,28,31). The van der Waals surface area contributed by atoms with Crippen LogP contribution < -0.4 is 24.8 Å². The third-order valence-electron chi connectivity index (χ3n) is 5.30. The lowest BCUT2D eigenvalue weighted by Gasteiger charge is -2.18. The van der Waals surface area contributed by atoms with E-state index in [1.165, 1.54) is 12.1 Å². The zero-order valence-electron chi connectivity index (χ0n) is 19.9. The number of nitrogens with zero attached hydrogens (tertiary/aromatic N) is 1. The Balaban J connectivity index is 1.57. The fourth-order valence-corrected chi connectivity index (χ4v) is 3.83. The summed E-state index contributed by atoms with van der Waals surface area (Å²) >= 11 is 0. The van der Waals surface area contributed by atoms with Gasteiger partial charge in [0.25, 0.3) is 0 Å². The summed E-state index contributed by atoms with van der Waals surface area (Å²) in [6.07, 6.45) is 0.355. The van der Waals surface area contributed by atoms with Gasteiger partial charge in [0.15, 0.2) is 11.5 Å². The van der Waals surface area contributed by atoms with Crippen LogP contribution in [0.2, 0.25) is 0 Å². The minimum Gasteiger partial charge on any atom is -0.490 e. The number of halogens is 1. The van der Waals surface area contributed by atoms with Gasteiger partial charge in [-0.1, -0.05) is 12.1 Å². The Kier molecular flexibility index (Phi) is 8.95. The first-order valence-electron chi connectivity index (χ1n) is 11.6. The van der Waals surface area contributed by atoms with Gasteiger partial charge in [-0.15, -0.1) is 0 Å². The van der Waals surface area contributed by atoms with Gasteiger partial charge < -0.3 is 29.7 Å². The molecule has 1 aliphatic rings. The number of benzene rings is 2. The van der Waals surface area contributed by atoms with Crippen molar-refractivity contribution in [2.75, 3.05) is 38.2 Å². The third-order valence-corrected chi connectivity index (χ3v) is 5.30. The molecule has 2 N–H and O–H groups in total. The van der Waals surface area contributed by atoms with Crippen molar-refractivity contribution in [1.29, 1.82) is 0 Å². The number of nitrogens with one attached hydrogen (secondary N) is 2. The fourth-order valence-electron chi connectivity index (χ4n) is 3.83. The molecule has 0 radical (unpaired) electrons. The van der Waals surface area contributed by atoms with Gasteiger partial charge in [-0.05, 0) is 38.5 Å². The number of carbonyl (C=O) groups is 2. The monoisotopic (exact) mass is 473 g/mol. The van der Waals surface area contributed by atoms with E-state index in [-0.39, 0.29) is 17.6 Å². The maximum Gasteiger partial charge on any atom is 0.319 e. The van der Waals surface area contributed by atoms with Crippen LogP contribution in [-0.4, -0.2) is 49.7 Å². The van der Waals surface area contributed by atoms with Gasteiger partial charge in [0.1, 0.15) is 5.82 Å². The zero-order valence-corrected chi connectivity index (χ0v) is 19.9. The van der Waals surface area contributed by atoms with E-state index in [9.17, 15) is 14.0 Å². The molecule has 3 amide bonds. The molecule has 1 heterocycles. The van der Waals surface area contributed by atoms with E-state index < -0.39 is 6.03 Å². The highest BCUT2D eigenvalue weighted by Gasteiger charge is 2.29. The number of rotatable bonds is 11. The van der Waals surface area contributed by atoms with Crippen LogP contribution in [0.15, 0.2) is 36.4 Å². The number of ether oxygens (including phenoxy) is 3. The molecule has 1 unspecified atom stereocenters. The summed E-state index contributed by atoms with van der Waals surface area (Å²) in [5.74, 6) is 1.19. The molecule has 8 nitrogen and oxygen atoms in total. The summed E-state index contributed by atoms with van der Waals surface area (Å²) in [6, 6.07) is 9.11. The summed E-state index contributed by atoms with van der Waals surface area (Å²) in [5, 5.41) is 5.64. The number of hydrogen-bond acceptors (Lipinski definition) is 5. The van der Waals surface area contributed by atoms with Gasteiger partial charge >= 0.3 is 6.03 Å². The van der Waals surface area contributed by atoms with Gasteiger partial charge in [-0.3, -0.25) is 4.79 Å². The molecule has 1 fully saturated rings. The Labute approximate surface area is 199 Å². The van der Waals surface area contributed by atoms with Gasteiger partial charge in [-0.25, -0.2) is 9.18 Å². The molecular weight excluding hydrogens is 441 g/mol. The molecule has 3 rings (SSSR count). The highest BCUT2D eigenvalue weighted by Crippen LogP contribution is 2.40. The van der Waals surface area contributed by atoms with Crippen molar-refractivity contribution in [1.82, 2.24) is 10.2 Å². The maximum atomic E-state index is 13.1. The molecular formula is C25H32FN3O5. The van der Waals surface area contributed by atoms with Gasteiger partial charge in [0, 0.05) is 44.1 Å². The SMILES string of the molecule is CCOc1cc(NC(=O)NCC2CC(=O)N(Cc3ccc(F)cc3)C2)cc(OCC)c1OCC. The molecule has 2 aromatic rings. The number of urea groups is 1. The normalized spacial score (nSPS) is 15.2.